The van der Waals surface area contributed by atoms with Gasteiger partial charge in [-0.15, -0.1) is 0 Å². The zero-order valence-corrected chi connectivity index (χ0v) is 27.2. The first-order valence-electron chi connectivity index (χ1n) is 14.6. The van der Waals surface area contributed by atoms with E-state index in [1.54, 1.807) is 24.3 Å². The van der Waals surface area contributed by atoms with Crippen LogP contribution in [0.25, 0.3) is 22.2 Å². The van der Waals surface area contributed by atoms with Gasteiger partial charge in [-0.1, -0.05) is 37.6 Å². The van der Waals surface area contributed by atoms with Gasteiger partial charge in [0, 0.05) is 35.5 Å². The fraction of sp³-hybridized carbons (Fsp3) is 0.294. The molecule has 0 saturated heterocycles. The third-order valence-corrected chi connectivity index (χ3v) is 8.93. The van der Waals surface area contributed by atoms with Crippen LogP contribution >= 0.6 is 11.6 Å². The molecule has 0 bridgehead atoms. The molecule has 0 amide bonds. The van der Waals surface area contributed by atoms with E-state index in [4.69, 9.17) is 20.8 Å². The fourth-order valence-corrected chi connectivity index (χ4v) is 5.68. The maximum absolute atomic E-state index is 13.5. The van der Waals surface area contributed by atoms with Gasteiger partial charge in [-0.3, -0.25) is 4.90 Å². The minimum atomic E-state index is -3.09. The van der Waals surface area contributed by atoms with Crippen LogP contribution in [0.3, 0.4) is 0 Å². The number of ether oxygens (including phenoxy) is 1. The maximum atomic E-state index is 13.5. The van der Waals surface area contributed by atoms with E-state index in [2.05, 4.69) is 41.0 Å². The van der Waals surface area contributed by atoms with Gasteiger partial charge in [-0.25, -0.2) is 22.8 Å². The molecule has 236 valence electrons. The number of hydrogen-bond donors (Lipinski definition) is 1. The van der Waals surface area contributed by atoms with Crippen molar-refractivity contribution in [2.24, 2.45) is 5.92 Å². The summed E-state index contributed by atoms with van der Waals surface area (Å²) >= 11 is 6.52. The van der Waals surface area contributed by atoms with E-state index in [1.807, 2.05) is 36.4 Å². The lowest BCUT2D eigenvalue weighted by Gasteiger charge is -2.30. The summed E-state index contributed by atoms with van der Waals surface area (Å²) in [6.07, 6.45) is 2.76. The molecule has 1 atom stereocenters. The number of anilines is 2. The first-order chi connectivity index (χ1) is 21.4. The van der Waals surface area contributed by atoms with E-state index in [1.165, 1.54) is 24.7 Å². The Balaban J connectivity index is 1.33. The molecule has 0 aliphatic rings. The highest BCUT2D eigenvalue weighted by Gasteiger charge is 2.21. The average molecular weight is 651 g/mol. The number of halogens is 2. The summed E-state index contributed by atoms with van der Waals surface area (Å²) in [6.45, 7) is 7.48. The number of furan rings is 1. The van der Waals surface area contributed by atoms with Crippen LogP contribution in [0.4, 0.5) is 15.9 Å². The molecule has 2 heterocycles. The minimum Gasteiger partial charge on any atom is -0.487 e. The van der Waals surface area contributed by atoms with Gasteiger partial charge in [0.1, 0.15) is 51.7 Å². The smallest absolute Gasteiger partial charge is 0.148 e. The lowest BCUT2D eigenvalue weighted by atomic mass is 10.0. The van der Waals surface area contributed by atoms with Crippen molar-refractivity contribution in [1.29, 1.82) is 0 Å². The fourth-order valence-electron chi connectivity index (χ4n) is 4.88. The highest BCUT2D eigenvalue weighted by atomic mass is 35.5. The summed E-state index contributed by atoms with van der Waals surface area (Å²) in [7, 11) is -3.09. The molecule has 1 unspecified atom stereocenters. The van der Waals surface area contributed by atoms with E-state index < -0.39 is 9.84 Å². The van der Waals surface area contributed by atoms with Crippen LogP contribution in [-0.4, -0.2) is 47.9 Å². The molecule has 3 aromatic carbocycles. The molecule has 0 spiro atoms. The van der Waals surface area contributed by atoms with Crippen molar-refractivity contribution in [1.82, 2.24) is 14.9 Å². The summed E-state index contributed by atoms with van der Waals surface area (Å²) in [6, 6.07) is 21.4. The summed E-state index contributed by atoms with van der Waals surface area (Å²) < 4.78 is 49.3. The number of hydrogen-bond acceptors (Lipinski definition) is 8. The molecule has 0 saturated carbocycles. The Labute approximate surface area is 268 Å². The van der Waals surface area contributed by atoms with Crippen LogP contribution in [-0.2, 0) is 23.0 Å². The van der Waals surface area contributed by atoms with Crippen molar-refractivity contribution in [3.8, 4) is 17.1 Å². The van der Waals surface area contributed by atoms with Crippen molar-refractivity contribution in [3.63, 3.8) is 0 Å². The SMILES string of the molecule is CC(C)C(C)N(CCS(C)(=O)=O)Cc1ccc(-c2ccc3ncnc(Nc4ccc(OCc5cccc(F)c5)c(Cl)c4)c3c2)o1. The van der Waals surface area contributed by atoms with Gasteiger partial charge in [-0.05, 0) is 79.1 Å². The Morgan fingerprint density at radius 1 is 1.02 bits per heavy atom. The second-order valence-corrected chi connectivity index (χ2v) is 14.2. The van der Waals surface area contributed by atoms with Crippen molar-refractivity contribution in [2.75, 3.05) is 23.9 Å². The Morgan fingerprint density at radius 3 is 2.58 bits per heavy atom. The van der Waals surface area contributed by atoms with Crippen LogP contribution in [0.2, 0.25) is 5.02 Å². The average Bonchev–Trinajstić information content (AvgIpc) is 3.46. The number of fused-ring (bicyclic) bond motifs is 1. The Bertz CT molecular complexity index is 1900. The number of nitrogens with one attached hydrogen (secondary N) is 1. The van der Waals surface area contributed by atoms with Crippen molar-refractivity contribution < 1.29 is 22.0 Å². The van der Waals surface area contributed by atoms with Crippen LogP contribution in [0.15, 0.2) is 83.5 Å². The topological polar surface area (TPSA) is 97.6 Å². The molecule has 0 aliphatic heterocycles. The third-order valence-electron chi connectivity index (χ3n) is 7.71. The van der Waals surface area contributed by atoms with Gasteiger partial charge < -0.3 is 14.5 Å². The zero-order chi connectivity index (χ0) is 32.1. The third kappa shape index (κ3) is 8.59. The van der Waals surface area contributed by atoms with E-state index in [0.29, 0.717) is 52.6 Å². The maximum Gasteiger partial charge on any atom is 0.148 e. The largest absolute Gasteiger partial charge is 0.487 e. The standard InChI is InChI=1S/C34H36ClFN4O4S/c1-22(2)23(3)40(14-15-45(4,41)42)19-28-10-13-32(44-28)25-8-11-31-29(17-25)34(38-21-37-31)39-27-9-12-33(30(35)18-27)43-20-24-6-5-7-26(36)16-24/h5-13,16-18,21-23H,14-15,19-20H2,1-4H3,(H,37,38,39). The van der Waals surface area contributed by atoms with Crippen LogP contribution < -0.4 is 10.1 Å². The van der Waals surface area contributed by atoms with Gasteiger partial charge in [-0.2, -0.15) is 0 Å². The van der Waals surface area contributed by atoms with Crippen LogP contribution in [0.5, 0.6) is 5.75 Å². The number of rotatable bonds is 13. The van der Waals surface area contributed by atoms with Crippen molar-refractivity contribution >= 4 is 43.8 Å². The number of sulfone groups is 1. The molecule has 5 rings (SSSR count). The van der Waals surface area contributed by atoms with Gasteiger partial charge in [0.05, 0.1) is 22.8 Å². The predicted molar refractivity (Wildman–Crippen MR) is 177 cm³/mol. The quantitative estimate of drug-likeness (QED) is 0.137. The molecule has 8 nitrogen and oxygen atoms in total. The van der Waals surface area contributed by atoms with Gasteiger partial charge in [0.25, 0.3) is 0 Å². The highest BCUT2D eigenvalue weighted by molar-refractivity contribution is 7.90. The van der Waals surface area contributed by atoms with E-state index >= 15 is 0 Å². The van der Waals surface area contributed by atoms with Crippen molar-refractivity contribution in [3.05, 3.63) is 101 Å². The first kappa shape index (κ1) is 32.4. The van der Waals surface area contributed by atoms with E-state index in [0.717, 1.165) is 22.2 Å². The van der Waals surface area contributed by atoms with Gasteiger partial charge in [0.2, 0.25) is 0 Å². The summed E-state index contributed by atoms with van der Waals surface area (Å²) in [5.74, 6) is 2.63. The van der Waals surface area contributed by atoms with E-state index in [-0.39, 0.29) is 24.2 Å². The normalized spacial score (nSPS) is 12.6. The molecular formula is C34H36ClFN4O4S. The summed E-state index contributed by atoms with van der Waals surface area (Å²) in [5.41, 5.74) is 3.01. The number of aromatic nitrogens is 2. The molecule has 5 aromatic rings. The van der Waals surface area contributed by atoms with Gasteiger partial charge >= 0.3 is 0 Å². The lowest BCUT2D eigenvalue weighted by molar-refractivity contribution is 0.158. The summed E-state index contributed by atoms with van der Waals surface area (Å²) in [4.78, 5) is 11.0. The summed E-state index contributed by atoms with van der Waals surface area (Å²) in [5, 5.41) is 4.52. The number of benzene rings is 3. The number of nitrogens with zero attached hydrogens (tertiary/aromatic N) is 3. The lowest BCUT2D eigenvalue weighted by Crippen LogP contribution is -2.39. The molecule has 2 aromatic heterocycles. The Morgan fingerprint density at radius 2 is 1.84 bits per heavy atom. The monoisotopic (exact) mass is 650 g/mol. The minimum absolute atomic E-state index is 0.0912. The molecule has 45 heavy (non-hydrogen) atoms. The molecule has 11 heteroatoms. The van der Waals surface area contributed by atoms with Gasteiger partial charge in [0.15, 0.2) is 0 Å². The molecule has 0 aliphatic carbocycles. The molecule has 0 radical (unpaired) electrons. The van der Waals surface area contributed by atoms with Crippen molar-refractivity contribution in [2.45, 2.75) is 40.0 Å². The molecular weight excluding hydrogens is 615 g/mol. The Hall–Kier alpha value is -3.99. The van der Waals surface area contributed by atoms with Crippen LogP contribution in [0.1, 0.15) is 32.1 Å². The second kappa shape index (κ2) is 14.0. The molecule has 0 fully saturated rings. The molecule has 1 N–H and O–H groups in total. The highest BCUT2D eigenvalue weighted by Crippen LogP contribution is 2.33. The zero-order valence-electron chi connectivity index (χ0n) is 25.6. The second-order valence-electron chi connectivity index (χ2n) is 11.5. The predicted octanol–water partition coefficient (Wildman–Crippen LogP) is 7.90. The van der Waals surface area contributed by atoms with Crippen LogP contribution in [0, 0.1) is 11.7 Å². The first-order valence-corrected chi connectivity index (χ1v) is 17.1. The Kier molecular flexibility index (Phi) is 10.1. The van der Waals surface area contributed by atoms with E-state index in [9.17, 15) is 12.8 Å².